The molecule has 7 nitrogen and oxygen atoms in total. The first-order valence-electron chi connectivity index (χ1n) is 8.67. The second-order valence-corrected chi connectivity index (χ2v) is 6.02. The topological polar surface area (TPSA) is 81.9 Å². The molecule has 0 saturated carbocycles. The molecule has 0 spiro atoms. The van der Waals surface area contributed by atoms with Crippen LogP contribution in [-0.4, -0.2) is 34.0 Å². The van der Waals surface area contributed by atoms with Gasteiger partial charge in [0.15, 0.2) is 11.8 Å². The summed E-state index contributed by atoms with van der Waals surface area (Å²) < 4.78 is 12.4. The molecule has 0 fully saturated rings. The van der Waals surface area contributed by atoms with Crippen molar-refractivity contribution < 1.29 is 19.1 Å². The van der Waals surface area contributed by atoms with E-state index in [2.05, 4.69) is 10.3 Å². The number of anilines is 1. The maximum Gasteiger partial charge on any atom is 0.359 e. The third-order valence-electron chi connectivity index (χ3n) is 3.99. The van der Waals surface area contributed by atoms with Crippen molar-refractivity contribution >= 4 is 23.2 Å². The molecule has 1 amide bonds. The average molecular weight is 367 g/mol. The molecule has 0 bridgehead atoms. The zero-order valence-corrected chi connectivity index (χ0v) is 15.4. The van der Waals surface area contributed by atoms with Gasteiger partial charge in [0.1, 0.15) is 11.4 Å². The van der Waals surface area contributed by atoms with E-state index in [-0.39, 0.29) is 5.69 Å². The summed E-state index contributed by atoms with van der Waals surface area (Å²) in [5.74, 6) is -0.350. The van der Waals surface area contributed by atoms with Crippen LogP contribution in [0.15, 0.2) is 48.7 Å². The van der Waals surface area contributed by atoms with E-state index in [9.17, 15) is 9.59 Å². The van der Waals surface area contributed by atoms with E-state index in [1.807, 2.05) is 26.0 Å². The number of hydrogen-bond acceptors (Lipinski definition) is 5. The fraction of sp³-hybridized carbons (Fsp3) is 0.250. The van der Waals surface area contributed by atoms with Gasteiger partial charge < -0.3 is 19.2 Å². The van der Waals surface area contributed by atoms with Gasteiger partial charge in [-0.05, 0) is 57.2 Å². The summed E-state index contributed by atoms with van der Waals surface area (Å²) in [5, 5.41) is 2.71. The number of carbonyl (C=O) groups excluding carboxylic acids is 2. The Morgan fingerprint density at radius 3 is 2.59 bits per heavy atom. The molecule has 0 radical (unpaired) electrons. The van der Waals surface area contributed by atoms with Crippen LogP contribution in [0.25, 0.3) is 5.65 Å². The quantitative estimate of drug-likeness (QED) is 0.677. The van der Waals surface area contributed by atoms with E-state index in [0.717, 1.165) is 11.4 Å². The lowest BCUT2D eigenvalue weighted by molar-refractivity contribution is -0.123. The summed E-state index contributed by atoms with van der Waals surface area (Å²) in [5.41, 5.74) is 2.34. The molecule has 140 valence electrons. The number of nitrogens with zero attached hydrogens (tertiary/aromatic N) is 2. The van der Waals surface area contributed by atoms with Crippen LogP contribution in [0.1, 0.15) is 30.0 Å². The largest absolute Gasteiger partial charge is 0.494 e. The van der Waals surface area contributed by atoms with Crippen molar-refractivity contribution in [3.8, 4) is 5.75 Å². The fourth-order valence-corrected chi connectivity index (χ4v) is 2.57. The molecule has 27 heavy (non-hydrogen) atoms. The number of rotatable bonds is 6. The molecular formula is C20H21N3O4. The predicted molar refractivity (Wildman–Crippen MR) is 101 cm³/mol. The van der Waals surface area contributed by atoms with Gasteiger partial charge >= 0.3 is 5.97 Å². The second kappa shape index (κ2) is 7.90. The van der Waals surface area contributed by atoms with Crippen LogP contribution < -0.4 is 10.1 Å². The third-order valence-corrected chi connectivity index (χ3v) is 3.99. The molecule has 3 aromatic rings. The van der Waals surface area contributed by atoms with Crippen LogP contribution >= 0.6 is 0 Å². The fourth-order valence-electron chi connectivity index (χ4n) is 2.57. The smallest absolute Gasteiger partial charge is 0.359 e. The van der Waals surface area contributed by atoms with Gasteiger partial charge in [-0.1, -0.05) is 6.07 Å². The van der Waals surface area contributed by atoms with Gasteiger partial charge in [0.2, 0.25) is 0 Å². The van der Waals surface area contributed by atoms with Gasteiger partial charge in [0.25, 0.3) is 5.91 Å². The van der Waals surface area contributed by atoms with Crippen LogP contribution in [-0.2, 0) is 9.53 Å². The highest BCUT2D eigenvalue weighted by atomic mass is 16.5. The first-order chi connectivity index (χ1) is 13.0. The summed E-state index contributed by atoms with van der Waals surface area (Å²) >= 11 is 0. The van der Waals surface area contributed by atoms with Crippen molar-refractivity contribution in [1.29, 1.82) is 0 Å². The molecule has 3 rings (SSSR count). The van der Waals surface area contributed by atoms with Gasteiger partial charge in [-0.3, -0.25) is 4.79 Å². The lowest BCUT2D eigenvalue weighted by atomic mass is 10.3. The minimum atomic E-state index is -0.963. The molecule has 0 aliphatic rings. The summed E-state index contributed by atoms with van der Waals surface area (Å²) in [6.45, 7) is 5.90. The lowest BCUT2D eigenvalue weighted by Gasteiger charge is -2.13. The molecule has 7 heteroatoms. The number of esters is 1. The Hall–Kier alpha value is -3.35. The van der Waals surface area contributed by atoms with Crippen molar-refractivity contribution in [2.75, 3.05) is 11.9 Å². The van der Waals surface area contributed by atoms with Crippen molar-refractivity contribution in [3.05, 3.63) is 60.0 Å². The summed E-state index contributed by atoms with van der Waals surface area (Å²) in [6, 6.07) is 12.5. The van der Waals surface area contributed by atoms with Crippen LogP contribution in [0.2, 0.25) is 0 Å². The van der Waals surface area contributed by atoms with Crippen LogP contribution in [0.3, 0.4) is 0 Å². The SMILES string of the molecule is CCOc1ccc(NC(=O)[C@H](C)OC(=O)c2cn3c(C)cccc3n2)cc1. The van der Waals surface area contributed by atoms with Gasteiger partial charge in [0.05, 0.1) is 6.61 Å². The van der Waals surface area contributed by atoms with E-state index in [1.165, 1.54) is 6.92 Å². The molecule has 1 aromatic carbocycles. The van der Waals surface area contributed by atoms with Crippen LogP contribution in [0.4, 0.5) is 5.69 Å². The van der Waals surface area contributed by atoms with Crippen molar-refractivity contribution in [3.63, 3.8) is 0 Å². The van der Waals surface area contributed by atoms with Gasteiger partial charge in [0, 0.05) is 17.6 Å². The highest BCUT2D eigenvalue weighted by Crippen LogP contribution is 2.16. The summed E-state index contributed by atoms with van der Waals surface area (Å²) in [7, 11) is 0. The van der Waals surface area contributed by atoms with Crippen LogP contribution in [0.5, 0.6) is 5.75 Å². The Kier molecular flexibility index (Phi) is 5.40. The number of imidazole rings is 1. The Bertz CT molecular complexity index is 963. The number of pyridine rings is 1. The van der Waals surface area contributed by atoms with Crippen molar-refractivity contribution in [2.24, 2.45) is 0 Å². The highest BCUT2D eigenvalue weighted by molar-refractivity contribution is 5.97. The van der Waals surface area contributed by atoms with Crippen molar-refractivity contribution in [2.45, 2.75) is 26.9 Å². The molecule has 2 heterocycles. The summed E-state index contributed by atoms with van der Waals surface area (Å²) in [4.78, 5) is 28.8. The molecule has 2 aromatic heterocycles. The Balaban J connectivity index is 1.62. The highest BCUT2D eigenvalue weighted by Gasteiger charge is 2.21. The first-order valence-corrected chi connectivity index (χ1v) is 8.67. The Labute approximate surface area is 156 Å². The Morgan fingerprint density at radius 2 is 1.93 bits per heavy atom. The predicted octanol–water partition coefficient (Wildman–Crippen LogP) is 3.23. The van der Waals surface area contributed by atoms with E-state index < -0.39 is 18.0 Å². The van der Waals surface area contributed by atoms with Gasteiger partial charge in [-0.15, -0.1) is 0 Å². The number of aromatic nitrogens is 2. The molecule has 1 atom stereocenters. The molecule has 1 N–H and O–H groups in total. The third kappa shape index (κ3) is 4.25. The minimum absolute atomic E-state index is 0.157. The normalized spacial score (nSPS) is 11.8. The number of carbonyl (C=O) groups is 2. The maximum atomic E-state index is 12.3. The molecule has 0 saturated heterocycles. The number of amides is 1. The zero-order chi connectivity index (χ0) is 19.4. The van der Waals surface area contributed by atoms with E-state index in [0.29, 0.717) is 17.9 Å². The maximum absolute atomic E-state index is 12.3. The van der Waals surface area contributed by atoms with E-state index in [4.69, 9.17) is 9.47 Å². The number of benzene rings is 1. The number of fused-ring (bicyclic) bond motifs is 1. The molecule has 0 aliphatic heterocycles. The minimum Gasteiger partial charge on any atom is -0.494 e. The zero-order valence-electron chi connectivity index (χ0n) is 15.4. The Morgan fingerprint density at radius 1 is 1.19 bits per heavy atom. The first kappa shape index (κ1) is 18.4. The van der Waals surface area contributed by atoms with Gasteiger partial charge in [-0.25, -0.2) is 9.78 Å². The standard InChI is InChI=1S/C20H21N3O4/c1-4-26-16-10-8-15(9-11-16)21-19(24)14(3)27-20(25)17-12-23-13(2)6-5-7-18(23)22-17/h5-12,14H,4H2,1-3H3,(H,21,24)/t14-/m0/s1. The van der Waals surface area contributed by atoms with E-state index in [1.54, 1.807) is 40.9 Å². The van der Waals surface area contributed by atoms with E-state index >= 15 is 0 Å². The second-order valence-electron chi connectivity index (χ2n) is 6.02. The number of aryl methyl sites for hydroxylation is 1. The van der Waals surface area contributed by atoms with Crippen molar-refractivity contribution in [1.82, 2.24) is 9.38 Å². The number of nitrogens with one attached hydrogen (secondary N) is 1. The van der Waals surface area contributed by atoms with Gasteiger partial charge in [-0.2, -0.15) is 0 Å². The lowest BCUT2D eigenvalue weighted by Crippen LogP contribution is -2.30. The molecular weight excluding hydrogens is 346 g/mol. The summed E-state index contributed by atoms with van der Waals surface area (Å²) in [6.07, 6.45) is 0.638. The number of hydrogen-bond donors (Lipinski definition) is 1. The van der Waals surface area contributed by atoms with Crippen LogP contribution in [0, 0.1) is 6.92 Å². The number of ether oxygens (including phenoxy) is 2. The monoisotopic (exact) mass is 367 g/mol. The average Bonchev–Trinajstić information content (AvgIpc) is 3.09. The molecule has 0 unspecified atom stereocenters. The molecule has 0 aliphatic carbocycles.